The van der Waals surface area contributed by atoms with E-state index in [4.69, 9.17) is 11.6 Å². The highest BCUT2D eigenvalue weighted by molar-refractivity contribution is 6.36. The maximum atomic E-state index is 10.5. The van der Waals surface area contributed by atoms with Crippen molar-refractivity contribution in [3.8, 4) is 0 Å². The number of carbonyl (C=O) groups excluding carboxylic acids is 1. The van der Waals surface area contributed by atoms with Crippen molar-refractivity contribution in [3.05, 3.63) is 17.5 Å². The fourth-order valence-electron chi connectivity index (χ4n) is 0.598. The molecule has 3 heteroatoms. The van der Waals surface area contributed by atoms with Crippen molar-refractivity contribution in [3.63, 3.8) is 0 Å². The fraction of sp³-hybridized carbons (Fsp3) is 0.167. The van der Waals surface area contributed by atoms with Crippen molar-refractivity contribution in [2.24, 2.45) is 4.99 Å². The first-order valence-corrected chi connectivity index (χ1v) is 2.87. The van der Waals surface area contributed by atoms with Crippen LogP contribution < -0.4 is 0 Å². The number of rotatable bonds is 0. The van der Waals surface area contributed by atoms with Crippen molar-refractivity contribution in [1.82, 2.24) is 0 Å². The van der Waals surface area contributed by atoms with Crippen molar-refractivity contribution in [2.75, 3.05) is 0 Å². The summed E-state index contributed by atoms with van der Waals surface area (Å²) in [5.41, 5.74) is 0.660. The van der Waals surface area contributed by atoms with Gasteiger partial charge in [0, 0.05) is 0 Å². The van der Waals surface area contributed by atoms with Crippen LogP contribution in [0.3, 0.4) is 0 Å². The largest absolute Gasteiger partial charge is 0.356 e. The van der Waals surface area contributed by atoms with E-state index in [2.05, 4.69) is 4.99 Å². The molecule has 0 spiro atoms. The maximum Gasteiger partial charge on any atom is 0.356 e. The Morgan fingerprint density at radius 3 is 2.89 bits per heavy atom. The molecule has 1 heterocycles. The minimum absolute atomic E-state index is 0.278. The molecule has 1 aliphatic heterocycles. The Morgan fingerprint density at radius 2 is 2.44 bits per heavy atom. The minimum atomic E-state index is -0.278. The summed E-state index contributed by atoms with van der Waals surface area (Å²) in [7, 11) is 0. The van der Waals surface area contributed by atoms with E-state index >= 15 is 0 Å². The molecule has 1 aliphatic rings. The summed E-state index contributed by atoms with van der Waals surface area (Å²) >= 11 is 5.51. The van der Waals surface area contributed by atoms with Gasteiger partial charge >= 0.3 is 5.91 Å². The van der Waals surface area contributed by atoms with E-state index < -0.39 is 0 Å². The lowest BCUT2D eigenvalue weighted by Gasteiger charge is -1.91. The Morgan fingerprint density at radius 1 is 1.78 bits per heavy atom. The zero-order valence-electron chi connectivity index (χ0n) is 4.89. The molecular weight excluding hydrogens is 138 g/mol. The van der Waals surface area contributed by atoms with Gasteiger partial charge in [-0.25, -0.2) is 4.79 Å². The Balaban J connectivity index is 2.86. The molecule has 46 valence electrons. The highest BCUT2D eigenvalue weighted by Crippen LogP contribution is 2.11. The van der Waals surface area contributed by atoms with E-state index in [1.807, 2.05) is 0 Å². The Labute approximate surface area is 58.2 Å². The van der Waals surface area contributed by atoms with Gasteiger partial charge in [0.1, 0.15) is 11.8 Å². The summed E-state index contributed by atoms with van der Waals surface area (Å²) in [5.74, 6) is -0.278. The highest BCUT2D eigenvalue weighted by atomic mass is 35.5. The van der Waals surface area contributed by atoms with Gasteiger partial charge in [-0.3, -0.25) is 0 Å². The van der Waals surface area contributed by atoms with Crippen LogP contribution in [-0.2, 0) is 4.79 Å². The molecule has 2 nitrogen and oxygen atoms in total. The monoisotopic (exact) mass is 142 g/mol. The molecule has 0 saturated heterocycles. The van der Waals surface area contributed by atoms with Crippen LogP contribution in [0.2, 0.25) is 0 Å². The van der Waals surface area contributed by atoms with Gasteiger partial charge in [-0.1, -0.05) is 0 Å². The smallest absolute Gasteiger partial charge is 0.242 e. The molecule has 0 N–H and O–H groups in total. The molecule has 0 aliphatic carbocycles. The summed E-state index contributed by atoms with van der Waals surface area (Å²) < 4.78 is 0. The van der Waals surface area contributed by atoms with E-state index in [1.165, 1.54) is 6.42 Å². The van der Waals surface area contributed by atoms with Gasteiger partial charge in [0.25, 0.3) is 0 Å². The van der Waals surface area contributed by atoms with Gasteiger partial charge in [0.05, 0.1) is 0 Å². The van der Waals surface area contributed by atoms with Crippen LogP contribution in [0, 0.1) is 6.42 Å². The number of allylic oxidation sites excluding steroid dienone is 1. The average molecular weight is 143 g/mol. The van der Waals surface area contributed by atoms with E-state index in [0.29, 0.717) is 10.7 Å². The van der Waals surface area contributed by atoms with Crippen LogP contribution in [0.25, 0.3) is 0 Å². The van der Waals surface area contributed by atoms with Crippen molar-refractivity contribution in [1.29, 1.82) is 0 Å². The quantitative estimate of drug-likeness (QED) is 0.469. The molecule has 1 amide bonds. The number of dihydropyridines is 1. The molecule has 0 unspecified atom stereocenters. The molecule has 0 aromatic rings. The van der Waals surface area contributed by atoms with Crippen LogP contribution in [0.4, 0.5) is 0 Å². The third-order valence-electron chi connectivity index (χ3n) is 0.895. The van der Waals surface area contributed by atoms with Gasteiger partial charge in [0.2, 0.25) is 5.03 Å². The zero-order chi connectivity index (χ0) is 6.85. The summed E-state index contributed by atoms with van der Waals surface area (Å²) in [5, 5.41) is 0.451. The number of halogens is 1. The molecule has 0 fully saturated rings. The van der Waals surface area contributed by atoms with Crippen LogP contribution in [-0.4, -0.2) is 11.6 Å². The van der Waals surface area contributed by atoms with Crippen LogP contribution in [0.5, 0.6) is 0 Å². The molecule has 0 bridgehead atoms. The third kappa shape index (κ3) is 1.57. The third-order valence-corrected chi connectivity index (χ3v) is 1.11. The van der Waals surface area contributed by atoms with Crippen LogP contribution in [0.15, 0.2) is 16.1 Å². The number of carbonyl (C=O) groups is 1. The first kappa shape index (κ1) is 6.36. The van der Waals surface area contributed by atoms with Crippen molar-refractivity contribution < 1.29 is 4.79 Å². The standard InChI is InChI=1S/C6H5ClNO/c1-4-2-5(7)3-6(9)8-4/h2-3H,1H3/q+1. The lowest BCUT2D eigenvalue weighted by molar-refractivity contribution is -0.114. The predicted molar refractivity (Wildman–Crippen MR) is 36.4 cm³/mol. The number of hydrogen-bond acceptors (Lipinski definition) is 1. The second-order valence-electron chi connectivity index (χ2n) is 1.76. The Bertz CT molecular complexity index is 205. The first-order valence-electron chi connectivity index (χ1n) is 2.50. The van der Waals surface area contributed by atoms with Crippen molar-refractivity contribution >= 4 is 23.2 Å². The van der Waals surface area contributed by atoms with Crippen molar-refractivity contribution in [2.45, 2.75) is 6.92 Å². The Kier molecular flexibility index (Phi) is 1.58. The molecule has 0 saturated carbocycles. The second kappa shape index (κ2) is 2.23. The average Bonchev–Trinajstić information content (AvgIpc) is 1.59. The maximum absolute atomic E-state index is 10.5. The summed E-state index contributed by atoms with van der Waals surface area (Å²) in [4.78, 5) is 14.1. The lowest BCUT2D eigenvalue weighted by Crippen LogP contribution is -2.04. The van der Waals surface area contributed by atoms with E-state index in [9.17, 15) is 4.79 Å². The summed E-state index contributed by atoms with van der Waals surface area (Å²) in [6.45, 7) is 1.73. The van der Waals surface area contributed by atoms with Crippen LogP contribution >= 0.6 is 11.6 Å². The predicted octanol–water partition coefficient (Wildman–Crippen LogP) is 1.31. The Hall–Kier alpha value is -0.760. The minimum Gasteiger partial charge on any atom is -0.242 e. The highest BCUT2D eigenvalue weighted by Gasteiger charge is 2.18. The number of amides is 1. The molecular formula is C6H5ClNO+. The lowest BCUT2D eigenvalue weighted by atomic mass is 10.2. The van der Waals surface area contributed by atoms with E-state index in [-0.39, 0.29) is 5.91 Å². The van der Waals surface area contributed by atoms with E-state index in [0.717, 1.165) is 0 Å². The molecule has 1 rings (SSSR count). The second-order valence-corrected chi connectivity index (χ2v) is 2.20. The molecule has 0 aromatic heterocycles. The fourth-order valence-corrected chi connectivity index (χ4v) is 0.849. The molecule has 0 aromatic carbocycles. The topological polar surface area (TPSA) is 29.4 Å². The van der Waals surface area contributed by atoms with Gasteiger partial charge in [-0.05, 0) is 18.5 Å². The first-order chi connectivity index (χ1) is 4.18. The van der Waals surface area contributed by atoms with E-state index in [1.54, 1.807) is 13.0 Å². The number of nitrogens with zero attached hydrogens (tertiary/aromatic N) is 1. The summed E-state index contributed by atoms with van der Waals surface area (Å²) in [6.07, 6.45) is 2.93. The molecule has 0 radical (unpaired) electrons. The normalized spacial score (nSPS) is 18.2. The van der Waals surface area contributed by atoms with Gasteiger partial charge in [-0.15, -0.1) is 0 Å². The molecule has 9 heavy (non-hydrogen) atoms. The zero-order valence-corrected chi connectivity index (χ0v) is 5.64. The number of aliphatic imine (C=N–C) groups is 1. The summed E-state index contributed by atoms with van der Waals surface area (Å²) in [6, 6.07) is 0. The SMILES string of the molecule is CC1=NC(=O)[CH+]C(Cl)=C1. The van der Waals surface area contributed by atoms with Gasteiger partial charge in [0.15, 0.2) is 6.42 Å². The van der Waals surface area contributed by atoms with Crippen LogP contribution in [0.1, 0.15) is 6.92 Å². The number of hydrogen-bond donors (Lipinski definition) is 0. The van der Waals surface area contributed by atoms with Gasteiger partial charge < -0.3 is 0 Å². The van der Waals surface area contributed by atoms with Gasteiger partial charge in [-0.2, -0.15) is 4.99 Å². The molecule has 0 atom stereocenters.